The highest BCUT2D eigenvalue weighted by Gasteiger charge is 2.17. The van der Waals surface area contributed by atoms with Gasteiger partial charge in [0.2, 0.25) is 0 Å². The molecular formula is C19H20N2O5. The molecule has 1 aromatic heterocycles. The van der Waals surface area contributed by atoms with Crippen LogP contribution in [0, 0.1) is 0 Å². The Morgan fingerprint density at radius 3 is 2.77 bits per heavy atom. The number of methoxy groups -OCH3 is 1. The number of ether oxygens (including phenoxy) is 1. The molecule has 3 N–H and O–H groups in total. The van der Waals surface area contributed by atoms with Gasteiger partial charge >= 0.3 is 5.97 Å². The second kappa shape index (κ2) is 7.99. The summed E-state index contributed by atoms with van der Waals surface area (Å²) in [5.41, 5.74) is 2.87. The molecule has 0 aliphatic heterocycles. The maximum atomic E-state index is 11.9. The van der Waals surface area contributed by atoms with Gasteiger partial charge in [0, 0.05) is 13.0 Å². The molecule has 0 amide bonds. The number of oxazole rings is 1. The van der Waals surface area contributed by atoms with E-state index in [0.717, 1.165) is 5.56 Å². The minimum atomic E-state index is -0.932. The third kappa shape index (κ3) is 4.01. The zero-order chi connectivity index (χ0) is 18.5. The molecule has 3 rings (SSSR count). The van der Waals surface area contributed by atoms with Crippen molar-refractivity contribution >= 4 is 22.8 Å². The van der Waals surface area contributed by atoms with E-state index in [0.29, 0.717) is 34.7 Å². The van der Waals surface area contributed by atoms with Gasteiger partial charge in [-0.25, -0.2) is 9.78 Å². The van der Waals surface area contributed by atoms with Crippen molar-refractivity contribution in [2.24, 2.45) is 0 Å². The highest BCUT2D eigenvalue weighted by molar-refractivity contribution is 5.98. The van der Waals surface area contributed by atoms with Crippen LogP contribution in [0.15, 0.2) is 46.9 Å². The number of hydrogen-bond donors (Lipinski definition) is 3. The van der Waals surface area contributed by atoms with E-state index < -0.39 is 12.1 Å². The maximum Gasteiger partial charge on any atom is 0.338 e. The number of aromatic nitrogens is 1. The first kappa shape index (κ1) is 17.9. The Bertz CT molecular complexity index is 892. The second-order valence-electron chi connectivity index (χ2n) is 5.85. The Morgan fingerprint density at radius 2 is 2.08 bits per heavy atom. The summed E-state index contributed by atoms with van der Waals surface area (Å²) in [7, 11) is 1.30. The summed E-state index contributed by atoms with van der Waals surface area (Å²) in [5, 5.41) is 21.5. The third-order valence-electron chi connectivity index (χ3n) is 3.89. The molecule has 7 heteroatoms. The number of nitrogens with one attached hydrogen (secondary N) is 1. The van der Waals surface area contributed by atoms with Gasteiger partial charge < -0.3 is 24.7 Å². The average Bonchev–Trinajstić information content (AvgIpc) is 3.08. The molecule has 1 atom stereocenters. The van der Waals surface area contributed by atoms with Crippen molar-refractivity contribution in [1.29, 1.82) is 0 Å². The lowest BCUT2D eigenvalue weighted by Gasteiger charge is -2.11. The molecular weight excluding hydrogens is 336 g/mol. The molecule has 7 nitrogen and oxygen atoms in total. The van der Waals surface area contributed by atoms with Crippen molar-refractivity contribution in [3.63, 3.8) is 0 Å². The lowest BCUT2D eigenvalue weighted by Crippen LogP contribution is -2.23. The molecule has 0 saturated heterocycles. The van der Waals surface area contributed by atoms with Crippen LogP contribution >= 0.6 is 0 Å². The number of aliphatic hydroxyl groups is 2. The number of carbonyl (C=O) groups is 1. The lowest BCUT2D eigenvalue weighted by atomic mass is 10.1. The first-order chi connectivity index (χ1) is 12.6. The van der Waals surface area contributed by atoms with Gasteiger partial charge in [-0.15, -0.1) is 0 Å². The van der Waals surface area contributed by atoms with Gasteiger partial charge in [-0.2, -0.15) is 0 Å². The van der Waals surface area contributed by atoms with Crippen LogP contribution in [0.25, 0.3) is 11.1 Å². The van der Waals surface area contributed by atoms with E-state index in [2.05, 4.69) is 10.3 Å². The van der Waals surface area contributed by atoms with Crippen molar-refractivity contribution in [2.75, 3.05) is 25.6 Å². The van der Waals surface area contributed by atoms with E-state index in [-0.39, 0.29) is 13.2 Å². The van der Waals surface area contributed by atoms with Crippen LogP contribution in [0.2, 0.25) is 0 Å². The number of carbonyl (C=O) groups excluding carboxylic acids is 1. The van der Waals surface area contributed by atoms with Gasteiger partial charge in [-0.3, -0.25) is 0 Å². The van der Waals surface area contributed by atoms with Crippen LogP contribution in [0.1, 0.15) is 21.8 Å². The van der Waals surface area contributed by atoms with Gasteiger partial charge in [-0.05, 0) is 17.7 Å². The number of rotatable bonds is 7. The molecule has 0 spiro atoms. The van der Waals surface area contributed by atoms with E-state index in [4.69, 9.17) is 14.3 Å². The molecule has 1 heterocycles. The Hall–Kier alpha value is -2.90. The zero-order valence-electron chi connectivity index (χ0n) is 14.3. The van der Waals surface area contributed by atoms with Crippen LogP contribution in [-0.4, -0.2) is 47.5 Å². The fourth-order valence-electron chi connectivity index (χ4n) is 2.58. The topological polar surface area (TPSA) is 105 Å². The van der Waals surface area contributed by atoms with Crippen molar-refractivity contribution in [3.8, 4) is 0 Å². The lowest BCUT2D eigenvalue weighted by molar-refractivity contribution is 0.0601. The summed E-state index contributed by atoms with van der Waals surface area (Å²) < 4.78 is 10.6. The van der Waals surface area contributed by atoms with E-state index >= 15 is 0 Å². The Balaban J connectivity index is 1.97. The number of aliphatic hydroxyl groups excluding tert-OH is 2. The molecule has 0 saturated carbocycles. The standard InChI is InChI=1S/C19H20N2O5/c1-25-19(24)13-8-15(20-10-14(23)11-22)18-16(9-13)21-17(26-18)7-12-5-3-2-4-6-12/h2-6,8-9,14,20,22-23H,7,10-11H2,1H3. The number of hydrogen-bond acceptors (Lipinski definition) is 7. The van der Waals surface area contributed by atoms with Gasteiger partial charge in [0.15, 0.2) is 11.5 Å². The zero-order valence-corrected chi connectivity index (χ0v) is 14.3. The summed E-state index contributed by atoms with van der Waals surface area (Å²) in [4.78, 5) is 16.4. The quantitative estimate of drug-likeness (QED) is 0.556. The third-order valence-corrected chi connectivity index (χ3v) is 3.89. The molecule has 2 aromatic carbocycles. The smallest absolute Gasteiger partial charge is 0.338 e. The summed E-state index contributed by atoms with van der Waals surface area (Å²) >= 11 is 0. The fraction of sp³-hybridized carbons (Fsp3) is 0.263. The van der Waals surface area contributed by atoms with Gasteiger partial charge in [0.05, 0.1) is 31.1 Å². The molecule has 3 aromatic rings. The minimum absolute atomic E-state index is 0.102. The summed E-state index contributed by atoms with van der Waals surface area (Å²) in [6, 6.07) is 13.0. The van der Waals surface area contributed by atoms with Crippen molar-refractivity contribution < 1.29 is 24.2 Å². The van der Waals surface area contributed by atoms with Crippen LogP contribution < -0.4 is 5.32 Å². The number of fused-ring (bicyclic) bond motifs is 1. The van der Waals surface area contributed by atoms with E-state index in [1.165, 1.54) is 7.11 Å². The van der Waals surface area contributed by atoms with Gasteiger partial charge in [0.1, 0.15) is 5.52 Å². The first-order valence-corrected chi connectivity index (χ1v) is 8.19. The largest absolute Gasteiger partial charge is 0.465 e. The number of anilines is 1. The summed E-state index contributed by atoms with van der Waals surface area (Å²) in [6.07, 6.45) is -0.416. The predicted molar refractivity (Wildman–Crippen MR) is 96.2 cm³/mol. The highest BCUT2D eigenvalue weighted by atomic mass is 16.5. The first-order valence-electron chi connectivity index (χ1n) is 8.19. The van der Waals surface area contributed by atoms with Crippen LogP contribution in [-0.2, 0) is 11.2 Å². The van der Waals surface area contributed by atoms with E-state index in [9.17, 15) is 9.90 Å². The molecule has 0 aliphatic carbocycles. The minimum Gasteiger partial charge on any atom is -0.465 e. The Labute approximate surface area is 150 Å². The highest BCUT2D eigenvalue weighted by Crippen LogP contribution is 2.28. The average molecular weight is 356 g/mol. The van der Waals surface area contributed by atoms with Crippen LogP contribution in [0.4, 0.5) is 5.69 Å². The molecule has 26 heavy (non-hydrogen) atoms. The fourth-order valence-corrected chi connectivity index (χ4v) is 2.58. The second-order valence-corrected chi connectivity index (χ2v) is 5.85. The molecule has 136 valence electrons. The maximum absolute atomic E-state index is 11.9. The van der Waals surface area contributed by atoms with Gasteiger partial charge in [0.25, 0.3) is 0 Å². The normalized spacial score (nSPS) is 12.1. The number of esters is 1. The molecule has 1 unspecified atom stereocenters. The van der Waals surface area contributed by atoms with Crippen molar-refractivity contribution in [1.82, 2.24) is 4.98 Å². The van der Waals surface area contributed by atoms with Crippen molar-refractivity contribution in [2.45, 2.75) is 12.5 Å². The SMILES string of the molecule is COC(=O)c1cc(NCC(O)CO)c2oc(Cc3ccccc3)nc2c1. The molecule has 0 fully saturated rings. The van der Waals surface area contributed by atoms with Crippen molar-refractivity contribution in [3.05, 3.63) is 59.5 Å². The van der Waals surface area contributed by atoms with Crippen LogP contribution in [0.5, 0.6) is 0 Å². The number of nitrogens with zero attached hydrogens (tertiary/aromatic N) is 1. The van der Waals surface area contributed by atoms with E-state index in [1.807, 2.05) is 30.3 Å². The Kier molecular flexibility index (Phi) is 5.50. The molecule has 0 aliphatic rings. The molecule has 0 bridgehead atoms. The number of benzene rings is 2. The van der Waals surface area contributed by atoms with Gasteiger partial charge in [-0.1, -0.05) is 30.3 Å². The predicted octanol–water partition coefficient (Wildman–Crippen LogP) is 1.97. The molecule has 0 radical (unpaired) electrons. The summed E-state index contributed by atoms with van der Waals surface area (Å²) in [6.45, 7) is -0.270. The monoisotopic (exact) mass is 356 g/mol. The summed E-state index contributed by atoms with van der Waals surface area (Å²) in [5.74, 6) is 0.0178. The van der Waals surface area contributed by atoms with E-state index in [1.54, 1.807) is 12.1 Å². The van der Waals surface area contributed by atoms with Crippen LogP contribution in [0.3, 0.4) is 0 Å². The Morgan fingerprint density at radius 1 is 1.31 bits per heavy atom.